The zero-order valence-electron chi connectivity index (χ0n) is 9.22. The average Bonchev–Trinajstić information content (AvgIpc) is 1.96. The number of hydrogen-bond donors (Lipinski definition) is 2. The van der Waals surface area contributed by atoms with E-state index in [1.54, 1.807) is 14.1 Å². The summed E-state index contributed by atoms with van der Waals surface area (Å²) >= 11 is 0. The molecule has 0 rings (SSSR count). The van der Waals surface area contributed by atoms with Gasteiger partial charge in [0.15, 0.2) is 0 Å². The third kappa shape index (κ3) is 4.12. The highest BCUT2D eigenvalue weighted by atomic mass is 16.2. The number of carbonyl (C=O) groups excluding carboxylic acids is 1. The Balaban J connectivity index is 4.22. The summed E-state index contributed by atoms with van der Waals surface area (Å²) in [4.78, 5) is 12.8. The molecule has 4 heteroatoms. The van der Waals surface area contributed by atoms with Crippen molar-refractivity contribution in [3.63, 3.8) is 0 Å². The van der Waals surface area contributed by atoms with Crippen LogP contribution in [0.25, 0.3) is 0 Å². The van der Waals surface area contributed by atoms with Gasteiger partial charge in [0.25, 0.3) is 0 Å². The second-order valence-electron chi connectivity index (χ2n) is 4.50. The van der Waals surface area contributed by atoms with Crippen LogP contribution < -0.4 is 11.1 Å². The monoisotopic (exact) mass is 187 g/mol. The SMILES string of the molecule is CN(C)C(=O)NC(CN)C(C)(C)C. The Kier molecular flexibility index (Phi) is 4.20. The van der Waals surface area contributed by atoms with Gasteiger partial charge in [-0.15, -0.1) is 0 Å². The number of amides is 2. The fourth-order valence-corrected chi connectivity index (χ4v) is 0.907. The smallest absolute Gasteiger partial charge is 0.317 e. The molecule has 0 heterocycles. The van der Waals surface area contributed by atoms with Crippen molar-refractivity contribution in [3.8, 4) is 0 Å². The highest BCUT2D eigenvalue weighted by molar-refractivity contribution is 5.73. The minimum Gasteiger partial charge on any atom is -0.333 e. The van der Waals surface area contributed by atoms with Crippen LogP contribution in [0.5, 0.6) is 0 Å². The molecule has 3 N–H and O–H groups in total. The van der Waals surface area contributed by atoms with Gasteiger partial charge in [0.05, 0.1) is 0 Å². The molecule has 0 radical (unpaired) electrons. The molecule has 0 saturated carbocycles. The molecule has 13 heavy (non-hydrogen) atoms. The van der Waals surface area contributed by atoms with E-state index in [0.717, 1.165) is 0 Å². The van der Waals surface area contributed by atoms with Gasteiger partial charge >= 0.3 is 6.03 Å². The predicted molar refractivity (Wildman–Crippen MR) is 54.5 cm³/mol. The second kappa shape index (κ2) is 4.46. The van der Waals surface area contributed by atoms with Crippen molar-refractivity contribution in [1.29, 1.82) is 0 Å². The molecule has 78 valence electrons. The number of carbonyl (C=O) groups is 1. The van der Waals surface area contributed by atoms with Crippen LogP contribution in [-0.2, 0) is 0 Å². The van der Waals surface area contributed by atoms with E-state index in [4.69, 9.17) is 5.73 Å². The number of nitrogens with two attached hydrogens (primary N) is 1. The van der Waals surface area contributed by atoms with E-state index in [1.807, 2.05) is 0 Å². The van der Waals surface area contributed by atoms with Crippen molar-refractivity contribution in [2.75, 3.05) is 20.6 Å². The lowest BCUT2D eigenvalue weighted by Gasteiger charge is -2.31. The summed E-state index contributed by atoms with van der Waals surface area (Å²) in [6.45, 7) is 6.63. The van der Waals surface area contributed by atoms with Gasteiger partial charge < -0.3 is 16.0 Å². The van der Waals surface area contributed by atoms with E-state index >= 15 is 0 Å². The van der Waals surface area contributed by atoms with E-state index in [0.29, 0.717) is 6.54 Å². The first-order valence-electron chi connectivity index (χ1n) is 4.47. The second-order valence-corrected chi connectivity index (χ2v) is 4.50. The topological polar surface area (TPSA) is 58.4 Å². The first-order chi connectivity index (χ1) is 5.79. The molecule has 0 aliphatic carbocycles. The van der Waals surface area contributed by atoms with Crippen molar-refractivity contribution < 1.29 is 4.79 Å². The predicted octanol–water partition coefficient (Wildman–Crippen LogP) is 0.631. The van der Waals surface area contributed by atoms with Crippen LogP contribution >= 0.6 is 0 Å². The van der Waals surface area contributed by atoms with Crippen molar-refractivity contribution in [3.05, 3.63) is 0 Å². The summed E-state index contributed by atoms with van der Waals surface area (Å²) in [6.07, 6.45) is 0. The summed E-state index contributed by atoms with van der Waals surface area (Å²) in [6, 6.07) is -0.0761. The van der Waals surface area contributed by atoms with Crippen LogP contribution in [0.1, 0.15) is 20.8 Å². The van der Waals surface area contributed by atoms with E-state index in [1.165, 1.54) is 4.90 Å². The van der Waals surface area contributed by atoms with E-state index in [-0.39, 0.29) is 17.5 Å². The fourth-order valence-electron chi connectivity index (χ4n) is 0.907. The summed E-state index contributed by atoms with van der Waals surface area (Å²) in [5, 5.41) is 2.87. The van der Waals surface area contributed by atoms with Gasteiger partial charge in [0, 0.05) is 26.7 Å². The largest absolute Gasteiger partial charge is 0.333 e. The van der Waals surface area contributed by atoms with Gasteiger partial charge in [-0.25, -0.2) is 4.79 Å². The number of rotatable bonds is 2. The van der Waals surface area contributed by atoms with Crippen LogP contribution in [-0.4, -0.2) is 37.6 Å². The molecule has 0 aliphatic rings. The van der Waals surface area contributed by atoms with Crippen molar-refractivity contribution >= 4 is 6.03 Å². The van der Waals surface area contributed by atoms with Gasteiger partial charge in [-0.2, -0.15) is 0 Å². The lowest BCUT2D eigenvalue weighted by atomic mass is 9.87. The van der Waals surface area contributed by atoms with Crippen LogP contribution in [0.3, 0.4) is 0 Å². The Morgan fingerprint density at radius 2 is 1.92 bits per heavy atom. The van der Waals surface area contributed by atoms with E-state index < -0.39 is 0 Å². The third-order valence-corrected chi connectivity index (χ3v) is 1.98. The zero-order chi connectivity index (χ0) is 10.6. The Labute approximate surface area is 80.5 Å². The first-order valence-corrected chi connectivity index (χ1v) is 4.47. The highest BCUT2D eigenvalue weighted by Gasteiger charge is 2.25. The van der Waals surface area contributed by atoms with Gasteiger partial charge in [0.1, 0.15) is 0 Å². The quantitative estimate of drug-likeness (QED) is 0.666. The summed E-state index contributed by atoms with van der Waals surface area (Å²) in [5.41, 5.74) is 5.57. The average molecular weight is 187 g/mol. The van der Waals surface area contributed by atoms with Gasteiger partial charge in [0.2, 0.25) is 0 Å². The maximum Gasteiger partial charge on any atom is 0.317 e. The maximum atomic E-state index is 11.3. The molecule has 0 spiro atoms. The maximum absolute atomic E-state index is 11.3. The summed E-state index contributed by atoms with van der Waals surface area (Å²) in [7, 11) is 3.43. The molecule has 0 aliphatic heterocycles. The zero-order valence-corrected chi connectivity index (χ0v) is 9.22. The number of nitrogens with zero attached hydrogens (tertiary/aromatic N) is 1. The number of urea groups is 1. The molecular weight excluding hydrogens is 166 g/mol. The minimum atomic E-state index is -0.0922. The van der Waals surface area contributed by atoms with Crippen LogP contribution in [0.2, 0.25) is 0 Å². The molecule has 2 amide bonds. The Morgan fingerprint density at radius 1 is 1.46 bits per heavy atom. The molecular formula is C9H21N3O. The van der Waals surface area contributed by atoms with Gasteiger partial charge in [-0.05, 0) is 5.41 Å². The van der Waals surface area contributed by atoms with E-state index in [9.17, 15) is 4.79 Å². The minimum absolute atomic E-state index is 0.000417. The standard InChI is InChI=1S/C9H21N3O/c1-9(2,3)7(6-10)11-8(13)12(4)5/h7H,6,10H2,1-5H3,(H,11,13). The van der Waals surface area contributed by atoms with Crippen LogP contribution in [0, 0.1) is 5.41 Å². The number of nitrogens with one attached hydrogen (secondary N) is 1. The summed E-state index contributed by atoms with van der Waals surface area (Å²) < 4.78 is 0. The van der Waals surface area contributed by atoms with Gasteiger partial charge in [-0.3, -0.25) is 0 Å². The van der Waals surface area contributed by atoms with Crippen molar-refractivity contribution in [2.24, 2.45) is 11.1 Å². The van der Waals surface area contributed by atoms with Crippen LogP contribution in [0.15, 0.2) is 0 Å². The highest BCUT2D eigenvalue weighted by Crippen LogP contribution is 2.18. The molecule has 0 bridgehead atoms. The lowest BCUT2D eigenvalue weighted by molar-refractivity contribution is 0.197. The van der Waals surface area contributed by atoms with Crippen LogP contribution in [0.4, 0.5) is 4.79 Å². The fraction of sp³-hybridized carbons (Fsp3) is 0.889. The van der Waals surface area contributed by atoms with Gasteiger partial charge in [-0.1, -0.05) is 20.8 Å². The molecule has 0 aromatic heterocycles. The Morgan fingerprint density at radius 3 is 2.15 bits per heavy atom. The first kappa shape index (κ1) is 12.2. The molecule has 0 aromatic rings. The normalized spacial score (nSPS) is 13.7. The summed E-state index contributed by atoms with van der Waals surface area (Å²) in [5.74, 6) is 0. The Bertz CT molecular complexity index is 172. The molecule has 0 fully saturated rings. The Hall–Kier alpha value is -0.770. The van der Waals surface area contributed by atoms with Crippen molar-refractivity contribution in [2.45, 2.75) is 26.8 Å². The molecule has 0 saturated heterocycles. The molecule has 1 atom stereocenters. The van der Waals surface area contributed by atoms with E-state index in [2.05, 4.69) is 26.1 Å². The molecule has 4 nitrogen and oxygen atoms in total. The molecule has 1 unspecified atom stereocenters. The molecule has 0 aromatic carbocycles. The number of hydrogen-bond acceptors (Lipinski definition) is 2. The third-order valence-electron chi connectivity index (χ3n) is 1.98. The van der Waals surface area contributed by atoms with Crippen molar-refractivity contribution in [1.82, 2.24) is 10.2 Å². The lowest BCUT2D eigenvalue weighted by Crippen LogP contribution is -2.51.